The number of anilines is 1. The third kappa shape index (κ3) is 2.74. The van der Waals surface area contributed by atoms with E-state index < -0.39 is 0 Å². The molecule has 1 heterocycles. The zero-order valence-corrected chi connectivity index (χ0v) is 10.6. The standard InChI is InChI=1S/C13H15N3O2/c1-13(2,3)11-15-12(18-16-11)14-10(17)9-7-5-4-6-8-9/h4-8H,1-3H3,(H,14,15,16,17). The Balaban J connectivity index is 2.11. The molecule has 2 aromatic rings. The summed E-state index contributed by atoms with van der Waals surface area (Å²) in [6, 6.07) is 8.99. The molecular weight excluding hydrogens is 230 g/mol. The lowest BCUT2D eigenvalue weighted by atomic mass is 9.96. The van der Waals surface area contributed by atoms with Gasteiger partial charge in [-0.2, -0.15) is 4.98 Å². The highest BCUT2D eigenvalue weighted by molar-refractivity contribution is 6.03. The van der Waals surface area contributed by atoms with Crippen LogP contribution >= 0.6 is 0 Å². The molecule has 1 aromatic carbocycles. The van der Waals surface area contributed by atoms with Crippen molar-refractivity contribution < 1.29 is 9.32 Å². The molecule has 0 radical (unpaired) electrons. The van der Waals surface area contributed by atoms with E-state index in [1.165, 1.54) is 0 Å². The number of benzene rings is 1. The number of amides is 1. The maximum atomic E-state index is 11.8. The fraction of sp³-hybridized carbons (Fsp3) is 0.308. The molecule has 0 fully saturated rings. The van der Waals surface area contributed by atoms with E-state index in [2.05, 4.69) is 15.5 Å². The van der Waals surface area contributed by atoms with Crippen LogP contribution in [0.25, 0.3) is 0 Å². The molecule has 5 heteroatoms. The van der Waals surface area contributed by atoms with Crippen LogP contribution in [0.2, 0.25) is 0 Å². The molecule has 0 unspecified atom stereocenters. The maximum absolute atomic E-state index is 11.8. The van der Waals surface area contributed by atoms with Crippen molar-refractivity contribution in [2.45, 2.75) is 26.2 Å². The second-order valence-corrected chi connectivity index (χ2v) is 4.99. The molecule has 94 valence electrons. The molecule has 1 amide bonds. The second kappa shape index (κ2) is 4.60. The summed E-state index contributed by atoms with van der Waals surface area (Å²) in [7, 11) is 0. The number of carbonyl (C=O) groups is 1. The highest BCUT2D eigenvalue weighted by atomic mass is 16.5. The van der Waals surface area contributed by atoms with Gasteiger partial charge in [0.25, 0.3) is 5.91 Å². The van der Waals surface area contributed by atoms with Crippen LogP contribution in [0, 0.1) is 0 Å². The molecule has 0 aliphatic heterocycles. The van der Waals surface area contributed by atoms with E-state index in [9.17, 15) is 4.79 Å². The van der Waals surface area contributed by atoms with Gasteiger partial charge in [0.15, 0.2) is 5.82 Å². The minimum absolute atomic E-state index is 0.119. The van der Waals surface area contributed by atoms with Gasteiger partial charge in [0.05, 0.1) is 0 Å². The summed E-state index contributed by atoms with van der Waals surface area (Å²) in [6.45, 7) is 5.92. The summed E-state index contributed by atoms with van der Waals surface area (Å²) >= 11 is 0. The topological polar surface area (TPSA) is 68.0 Å². The molecule has 2 rings (SSSR count). The number of nitrogens with zero attached hydrogens (tertiary/aromatic N) is 2. The van der Waals surface area contributed by atoms with Gasteiger partial charge < -0.3 is 4.52 Å². The molecular formula is C13H15N3O2. The van der Waals surface area contributed by atoms with Gasteiger partial charge in [0.1, 0.15) is 0 Å². The van der Waals surface area contributed by atoms with Crippen molar-refractivity contribution in [2.75, 3.05) is 5.32 Å². The highest BCUT2D eigenvalue weighted by Gasteiger charge is 2.21. The van der Waals surface area contributed by atoms with Gasteiger partial charge in [-0.15, -0.1) is 0 Å². The molecule has 1 N–H and O–H groups in total. The van der Waals surface area contributed by atoms with E-state index in [0.29, 0.717) is 11.4 Å². The van der Waals surface area contributed by atoms with E-state index in [1.807, 2.05) is 26.8 Å². The number of nitrogens with one attached hydrogen (secondary N) is 1. The Morgan fingerprint density at radius 2 is 1.89 bits per heavy atom. The molecule has 0 atom stereocenters. The first kappa shape index (κ1) is 12.3. The minimum atomic E-state index is -0.264. The molecule has 0 bridgehead atoms. The Hall–Kier alpha value is -2.17. The van der Waals surface area contributed by atoms with E-state index in [1.54, 1.807) is 24.3 Å². The van der Waals surface area contributed by atoms with Crippen LogP contribution in [-0.4, -0.2) is 16.0 Å². The molecule has 0 aliphatic carbocycles. The SMILES string of the molecule is CC(C)(C)c1noc(NC(=O)c2ccccc2)n1. The largest absolute Gasteiger partial charge is 0.328 e. The summed E-state index contributed by atoms with van der Waals surface area (Å²) in [5, 5.41) is 6.40. The predicted molar refractivity (Wildman–Crippen MR) is 67.4 cm³/mol. The Labute approximate surface area is 105 Å². The molecule has 0 aliphatic rings. The summed E-state index contributed by atoms with van der Waals surface area (Å²) in [6.07, 6.45) is 0. The lowest BCUT2D eigenvalue weighted by molar-refractivity contribution is 0.102. The molecule has 0 saturated carbocycles. The first-order valence-corrected chi connectivity index (χ1v) is 5.67. The van der Waals surface area contributed by atoms with Gasteiger partial charge in [0.2, 0.25) is 0 Å². The van der Waals surface area contributed by atoms with Gasteiger partial charge in [-0.3, -0.25) is 10.1 Å². The third-order valence-electron chi connectivity index (χ3n) is 2.35. The summed E-state index contributed by atoms with van der Waals surface area (Å²) in [5.41, 5.74) is 0.340. The van der Waals surface area contributed by atoms with Crippen LogP contribution in [0.15, 0.2) is 34.9 Å². The van der Waals surface area contributed by atoms with Gasteiger partial charge in [-0.05, 0) is 12.1 Å². The molecule has 0 saturated heterocycles. The Morgan fingerprint density at radius 3 is 2.44 bits per heavy atom. The minimum Gasteiger partial charge on any atom is -0.315 e. The van der Waals surface area contributed by atoms with Crippen molar-refractivity contribution >= 4 is 11.9 Å². The quantitative estimate of drug-likeness (QED) is 0.883. The van der Waals surface area contributed by atoms with Gasteiger partial charge in [-0.25, -0.2) is 0 Å². The van der Waals surface area contributed by atoms with Crippen molar-refractivity contribution in [1.29, 1.82) is 0 Å². The summed E-state index contributed by atoms with van der Waals surface area (Å²) in [5.74, 6) is 0.297. The smallest absolute Gasteiger partial charge is 0.315 e. The predicted octanol–water partition coefficient (Wildman–Crippen LogP) is 2.62. The second-order valence-electron chi connectivity index (χ2n) is 4.99. The Morgan fingerprint density at radius 1 is 1.22 bits per heavy atom. The van der Waals surface area contributed by atoms with Crippen LogP contribution in [0.5, 0.6) is 0 Å². The molecule has 0 spiro atoms. The fourth-order valence-electron chi connectivity index (χ4n) is 1.34. The van der Waals surface area contributed by atoms with E-state index in [0.717, 1.165) is 0 Å². The maximum Gasteiger partial charge on any atom is 0.328 e. The van der Waals surface area contributed by atoms with Crippen LogP contribution in [0.1, 0.15) is 37.0 Å². The monoisotopic (exact) mass is 245 g/mol. The van der Waals surface area contributed by atoms with Crippen molar-refractivity contribution in [1.82, 2.24) is 10.1 Å². The number of hydrogen-bond donors (Lipinski definition) is 1. The zero-order valence-electron chi connectivity index (χ0n) is 10.6. The van der Waals surface area contributed by atoms with Crippen molar-refractivity contribution in [2.24, 2.45) is 0 Å². The van der Waals surface area contributed by atoms with Crippen LogP contribution in [0.4, 0.5) is 6.01 Å². The van der Waals surface area contributed by atoms with Crippen molar-refractivity contribution in [3.63, 3.8) is 0 Å². The molecule has 5 nitrogen and oxygen atoms in total. The molecule has 18 heavy (non-hydrogen) atoms. The van der Waals surface area contributed by atoms with Gasteiger partial charge in [-0.1, -0.05) is 44.1 Å². The number of rotatable bonds is 2. The number of aromatic nitrogens is 2. The highest BCUT2D eigenvalue weighted by Crippen LogP contribution is 2.20. The summed E-state index contributed by atoms with van der Waals surface area (Å²) < 4.78 is 4.99. The fourth-order valence-corrected chi connectivity index (χ4v) is 1.34. The van der Waals surface area contributed by atoms with Gasteiger partial charge >= 0.3 is 6.01 Å². The van der Waals surface area contributed by atoms with E-state index in [-0.39, 0.29) is 17.3 Å². The number of hydrogen-bond acceptors (Lipinski definition) is 4. The number of carbonyl (C=O) groups excluding carboxylic acids is 1. The lowest BCUT2D eigenvalue weighted by Crippen LogP contribution is -2.15. The third-order valence-corrected chi connectivity index (χ3v) is 2.35. The molecule has 1 aromatic heterocycles. The van der Waals surface area contributed by atoms with Crippen molar-refractivity contribution in [3.05, 3.63) is 41.7 Å². The van der Waals surface area contributed by atoms with Crippen LogP contribution < -0.4 is 5.32 Å². The normalized spacial score (nSPS) is 11.3. The lowest BCUT2D eigenvalue weighted by Gasteiger charge is -2.10. The summed E-state index contributed by atoms with van der Waals surface area (Å²) in [4.78, 5) is 16.0. The van der Waals surface area contributed by atoms with Crippen LogP contribution in [0.3, 0.4) is 0 Å². The average Bonchev–Trinajstić information content (AvgIpc) is 2.78. The Bertz CT molecular complexity index is 541. The first-order chi connectivity index (χ1) is 8.47. The van der Waals surface area contributed by atoms with Crippen molar-refractivity contribution in [3.8, 4) is 0 Å². The zero-order chi connectivity index (χ0) is 13.2. The average molecular weight is 245 g/mol. The van der Waals surface area contributed by atoms with E-state index >= 15 is 0 Å². The Kier molecular flexibility index (Phi) is 3.14. The first-order valence-electron chi connectivity index (χ1n) is 5.67. The van der Waals surface area contributed by atoms with E-state index in [4.69, 9.17) is 4.52 Å². The van der Waals surface area contributed by atoms with Gasteiger partial charge in [0, 0.05) is 11.0 Å². The van der Waals surface area contributed by atoms with Crippen LogP contribution in [-0.2, 0) is 5.41 Å².